The van der Waals surface area contributed by atoms with Crippen molar-refractivity contribution in [2.45, 2.75) is 31.7 Å². The zero-order valence-corrected chi connectivity index (χ0v) is 14.9. The van der Waals surface area contributed by atoms with Crippen LogP contribution in [0, 0.1) is 6.92 Å². The summed E-state index contributed by atoms with van der Waals surface area (Å²) in [5, 5.41) is 3.88. The zero-order valence-electron chi connectivity index (χ0n) is 14.1. The average molecular weight is 349 g/mol. The molecule has 0 radical (unpaired) electrons. The van der Waals surface area contributed by atoms with Gasteiger partial charge in [0.2, 0.25) is 10.0 Å². The van der Waals surface area contributed by atoms with Crippen molar-refractivity contribution in [3.63, 3.8) is 0 Å². The normalized spacial score (nSPS) is 17.2. The van der Waals surface area contributed by atoms with E-state index in [1.165, 1.54) is 0 Å². The summed E-state index contributed by atoms with van der Waals surface area (Å²) in [4.78, 5) is 2.56. The monoisotopic (exact) mass is 349 g/mol. The molecular formula is C17H23N3O3S. The molecule has 24 heavy (non-hydrogen) atoms. The molecule has 1 fully saturated rings. The Bertz CT molecular complexity index is 776. The summed E-state index contributed by atoms with van der Waals surface area (Å²) < 4.78 is 32.3. The molecule has 7 heteroatoms. The molecule has 0 atom stereocenters. The average Bonchev–Trinajstić information content (AvgIpc) is 3.00. The lowest BCUT2D eigenvalue weighted by Crippen LogP contribution is -2.48. The second kappa shape index (κ2) is 7.04. The fourth-order valence-corrected chi connectivity index (χ4v) is 4.31. The van der Waals surface area contributed by atoms with E-state index in [2.05, 4.69) is 17.0 Å². The highest BCUT2D eigenvalue weighted by Gasteiger charge is 2.28. The van der Waals surface area contributed by atoms with Gasteiger partial charge < -0.3 is 4.52 Å². The summed E-state index contributed by atoms with van der Waals surface area (Å²) in [7, 11) is -3.41. The van der Waals surface area contributed by atoms with Gasteiger partial charge in [0.05, 0.1) is 17.1 Å². The summed E-state index contributed by atoms with van der Waals surface area (Å²) in [6.07, 6.45) is 0.903. The largest absolute Gasteiger partial charge is 0.360 e. The van der Waals surface area contributed by atoms with Crippen LogP contribution in [0.15, 0.2) is 39.8 Å². The minimum Gasteiger partial charge on any atom is -0.360 e. The van der Waals surface area contributed by atoms with Crippen LogP contribution < -0.4 is 0 Å². The Kier molecular flexibility index (Phi) is 5.03. The molecule has 1 aromatic heterocycles. The van der Waals surface area contributed by atoms with Gasteiger partial charge >= 0.3 is 0 Å². The van der Waals surface area contributed by atoms with Gasteiger partial charge in [0.15, 0.2) is 5.76 Å². The molecule has 2 aromatic rings. The molecule has 0 N–H and O–H groups in total. The lowest BCUT2D eigenvalue weighted by atomic mass is 10.2. The van der Waals surface area contributed by atoms with Crippen LogP contribution in [0.2, 0.25) is 0 Å². The predicted octanol–water partition coefficient (Wildman–Crippen LogP) is 2.05. The lowest BCUT2D eigenvalue weighted by Gasteiger charge is -2.33. The Morgan fingerprint density at radius 3 is 2.33 bits per heavy atom. The van der Waals surface area contributed by atoms with Crippen molar-refractivity contribution in [3.05, 3.63) is 47.3 Å². The van der Waals surface area contributed by atoms with Gasteiger partial charge in [-0.05, 0) is 31.0 Å². The van der Waals surface area contributed by atoms with Gasteiger partial charge in [-0.2, -0.15) is 4.31 Å². The van der Waals surface area contributed by atoms with Gasteiger partial charge in [0.25, 0.3) is 0 Å². The molecule has 1 saturated heterocycles. The van der Waals surface area contributed by atoms with Crippen LogP contribution >= 0.6 is 0 Å². The third kappa shape index (κ3) is 3.68. The molecule has 130 valence electrons. The van der Waals surface area contributed by atoms with Crippen molar-refractivity contribution in [3.8, 4) is 0 Å². The van der Waals surface area contributed by atoms with Crippen molar-refractivity contribution in [2.24, 2.45) is 0 Å². The minimum absolute atomic E-state index is 0.374. The highest BCUT2D eigenvalue weighted by Crippen LogP contribution is 2.19. The molecule has 0 bridgehead atoms. The number of rotatable bonds is 5. The van der Waals surface area contributed by atoms with Crippen LogP contribution in [0.3, 0.4) is 0 Å². The first kappa shape index (κ1) is 17.1. The van der Waals surface area contributed by atoms with E-state index in [1.807, 2.05) is 25.1 Å². The first-order valence-electron chi connectivity index (χ1n) is 8.22. The Balaban J connectivity index is 1.62. The maximum Gasteiger partial charge on any atom is 0.243 e. The third-order valence-corrected chi connectivity index (χ3v) is 6.27. The molecule has 0 unspecified atom stereocenters. The van der Waals surface area contributed by atoms with Crippen LogP contribution in [0.1, 0.15) is 23.9 Å². The smallest absolute Gasteiger partial charge is 0.243 e. The number of nitrogens with zero attached hydrogens (tertiary/aromatic N) is 3. The quantitative estimate of drug-likeness (QED) is 0.826. The van der Waals surface area contributed by atoms with E-state index in [-0.39, 0.29) is 0 Å². The predicted molar refractivity (Wildman–Crippen MR) is 91.1 cm³/mol. The van der Waals surface area contributed by atoms with Crippen LogP contribution in [0.4, 0.5) is 0 Å². The Morgan fingerprint density at radius 2 is 1.79 bits per heavy atom. The van der Waals surface area contributed by atoms with E-state index in [4.69, 9.17) is 4.52 Å². The van der Waals surface area contributed by atoms with Gasteiger partial charge in [-0.15, -0.1) is 0 Å². The van der Waals surface area contributed by atoms with Crippen LogP contribution in [-0.4, -0.2) is 49.0 Å². The Labute approximate surface area is 143 Å². The molecule has 0 aliphatic carbocycles. The molecule has 2 heterocycles. The summed E-state index contributed by atoms with van der Waals surface area (Å²) in [6.45, 7) is 6.97. The SMILES string of the molecule is CCc1ccc(S(=O)(=O)N2CCN(Cc3cc(C)no3)CC2)cc1. The highest BCUT2D eigenvalue weighted by atomic mass is 32.2. The van der Waals surface area contributed by atoms with Gasteiger partial charge in [-0.25, -0.2) is 8.42 Å². The summed E-state index contributed by atoms with van der Waals surface area (Å²) >= 11 is 0. The topological polar surface area (TPSA) is 66.7 Å². The molecule has 0 spiro atoms. The number of sulfonamides is 1. The molecule has 1 aliphatic heterocycles. The van der Waals surface area contributed by atoms with E-state index in [0.717, 1.165) is 23.4 Å². The van der Waals surface area contributed by atoms with Crippen LogP contribution in [0.5, 0.6) is 0 Å². The van der Waals surface area contributed by atoms with Gasteiger partial charge in [-0.3, -0.25) is 4.90 Å². The first-order valence-corrected chi connectivity index (χ1v) is 9.66. The zero-order chi connectivity index (χ0) is 17.2. The van der Waals surface area contributed by atoms with E-state index < -0.39 is 10.0 Å². The fraction of sp³-hybridized carbons (Fsp3) is 0.471. The Morgan fingerprint density at radius 1 is 1.12 bits per heavy atom. The van der Waals surface area contributed by atoms with Gasteiger partial charge in [0, 0.05) is 32.2 Å². The summed E-state index contributed by atoms with van der Waals surface area (Å²) in [6, 6.07) is 9.10. The standard InChI is InChI=1S/C17H23N3O3S/c1-3-15-4-6-17(7-5-15)24(21,22)20-10-8-19(9-11-20)13-16-12-14(2)18-23-16/h4-7,12H,3,8-11,13H2,1-2H3. The van der Waals surface area contributed by atoms with E-state index >= 15 is 0 Å². The summed E-state index contributed by atoms with van der Waals surface area (Å²) in [5.74, 6) is 0.818. The minimum atomic E-state index is -3.41. The van der Waals surface area contributed by atoms with Crippen LogP contribution in [0.25, 0.3) is 0 Å². The van der Waals surface area contributed by atoms with E-state index in [1.54, 1.807) is 16.4 Å². The number of hydrogen-bond donors (Lipinski definition) is 0. The Hall–Kier alpha value is -1.70. The molecule has 0 amide bonds. The van der Waals surface area contributed by atoms with Crippen molar-refractivity contribution in [2.75, 3.05) is 26.2 Å². The molecule has 1 aromatic carbocycles. The van der Waals surface area contributed by atoms with Gasteiger partial charge in [-0.1, -0.05) is 24.2 Å². The second-order valence-electron chi connectivity index (χ2n) is 6.11. The fourth-order valence-electron chi connectivity index (χ4n) is 2.89. The highest BCUT2D eigenvalue weighted by molar-refractivity contribution is 7.89. The molecule has 3 rings (SSSR count). The van der Waals surface area contributed by atoms with Crippen molar-refractivity contribution in [1.29, 1.82) is 0 Å². The van der Waals surface area contributed by atoms with Crippen LogP contribution in [-0.2, 0) is 23.0 Å². The van der Waals surface area contributed by atoms with Crippen molar-refractivity contribution < 1.29 is 12.9 Å². The number of aryl methyl sites for hydroxylation is 2. The molecule has 1 aliphatic rings. The number of piperazine rings is 1. The number of hydrogen-bond acceptors (Lipinski definition) is 5. The van der Waals surface area contributed by atoms with Crippen molar-refractivity contribution >= 4 is 10.0 Å². The van der Waals surface area contributed by atoms with E-state index in [9.17, 15) is 8.42 Å². The molecular weight excluding hydrogens is 326 g/mol. The second-order valence-corrected chi connectivity index (χ2v) is 8.05. The summed E-state index contributed by atoms with van der Waals surface area (Å²) in [5.41, 5.74) is 2.00. The maximum absolute atomic E-state index is 12.7. The van der Waals surface area contributed by atoms with Crippen molar-refractivity contribution in [1.82, 2.24) is 14.4 Å². The lowest BCUT2D eigenvalue weighted by molar-refractivity contribution is 0.166. The first-order chi connectivity index (χ1) is 11.5. The maximum atomic E-state index is 12.7. The van der Waals surface area contributed by atoms with E-state index in [0.29, 0.717) is 37.6 Å². The number of benzene rings is 1. The molecule has 6 nitrogen and oxygen atoms in total. The third-order valence-electron chi connectivity index (χ3n) is 4.36. The molecule has 0 saturated carbocycles. The van der Waals surface area contributed by atoms with Gasteiger partial charge in [0.1, 0.15) is 0 Å². The number of aromatic nitrogens is 1.